The lowest BCUT2D eigenvalue weighted by molar-refractivity contribution is 0.201. The SMILES string of the molecule is Cc1ccccc1N1CC[C@H](CNC(=O)N2CCSCC2)C1. The number of rotatable bonds is 3. The van der Waals surface area contributed by atoms with Gasteiger partial charge >= 0.3 is 6.03 Å². The van der Waals surface area contributed by atoms with E-state index in [2.05, 4.69) is 41.4 Å². The van der Waals surface area contributed by atoms with E-state index in [1.54, 1.807) is 0 Å². The van der Waals surface area contributed by atoms with Gasteiger partial charge < -0.3 is 15.1 Å². The maximum Gasteiger partial charge on any atom is 0.317 e. The van der Waals surface area contributed by atoms with Crippen molar-refractivity contribution >= 4 is 23.5 Å². The fourth-order valence-electron chi connectivity index (χ4n) is 3.25. The first-order valence-corrected chi connectivity index (χ1v) is 9.30. The minimum Gasteiger partial charge on any atom is -0.371 e. The van der Waals surface area contributed by atoms with Crippen molar-refractivity contribution in [1.82, 2.24) is 10.2 Å². The molecule has 3 rings (SSSR count). The number of thioether (sulfide) groups is 1. The summed E-state index contributed by atoms with van der Waals surface area (Å²) in [5.74, 6) is 2.69. The van der Waals surface area contributed by atoms with Crippen LogP contribution in [0.15, 0.2) is 24.3 Å². The van der Waals surface area contributed by atoms with E-state index in [1.807, 2.05) is 16.7 Å². The predicted molar refractivity (Wildman–Crippen MR) is 93.8 cm³/mol. The van der Waals surface area contributed by atoms with Gasteiger partial charge in [0.15, 0.2) is 0 Å². The molecule has 0 unspecified atom stereocenters. The molecule has 1 aromatic rings. The molecule has 2 aliphatic heterocycles. The van der Waals surface area contributed by atoms with Crippen LogP contribution in [0.5, 0.6) is 0 Å². The minimum absolute atomic E-state index is 0.120. The number of nitrogens with one attached hydrogen (secondary N) is 1. The van der Waals surface area contributed by atoms with Crippen molar-refractivity contribution in [3.8, 4) is 0 Å². The van der Waals surface area contributed by atoms with Gasteiger partial charge in [0, 0.05) is 49.9 Å². The summed E-state index contributed by atoms with van der Waals surface area (Å²) in [7, 11) is 0. The van der Waals surface area contributed by atoms with Crippen LogP contribution >= 0.6 is 11.8 Å². The number of urea groups is 1. The van der Waals surface area contributed by atoms with Crippen LogP contribution in [0.1, 0.15) is 12.0 Å². The Kier molecular flexibility index (Phi) is 5.13. The Morgan fingerprint density at radius 3 is 2.82 bits per heavy atom. The van der Waals surface area contributed by atoms with Gasteiger partial charge in [-0.25, -0.2) is 4.79 Å². The van der Waals surface area contributed by atoms with Gasteiger partial charge in [0.2, 0.25) is 0 Å². The zero-order valence-electron chi connectivity index (χ0n) is 13.3. The van der Waals surface area contributed by atoms with Gasteiger partial charge in [0.1, 0.15) is 0 Å². The van der Waals surface area contributed by atoms with E-state index in [4.69, 9.17) is 0 Å². The molecule has 2 aliphatic rings. The predicted octanol–water partition coefficient (Wildman–Crippen LogP) is 2.58. The summed E-state index contributed by atoms with van der Waals surface area (Å²) in [6.07, 6.45) is 1.16. The third-order valence-electron chi connectivity index (χ3n) is 4.58. The number of anilines is 1. The number of benzene rings is 1. The third kappa shape index (κ3) is 3.69. The van der Waals surface area contributed by atoms with Gasteiger partial charge in [0.05, 0.1) is 0 Å². The van der Waals surface area contributed by atoms with E-state index in [9.17, 15) is 4.79 Å². The molecule has 0 radical (unpaired) electrons. The van der Waals surface area contributed by atoms with Crippen LogP contribution in [0.3, 0.4) is 0 Å². The van der Waals surface area contributed by atoms with Crippen LogP contribution in [-0.4, -0.2) is 55.2 Å². The summed E-state index contributed by atoms with van der Waals surface area (Å²) in [5, 5.41) is 3.13. The quantitative estimate of drug-likeness (QED) is 0.930. The molecule has 2 amide bonds. The van der Waals surface area contributed by atoms with Crippen LogP contribution < -0.4 is 10.2 Å². The van der Waals surface area contributed by atoms with Crippen LogP contribution in [0, 0.1) is 12.8 Å². The summed E-state index contributed by atoms with van der Waals surface area (Å²) in [6.45, 7) is 6.86. The molecule has 0 aromatic heterocycles. The Morgan fingerprint density at radius 2 is 2.05 bits per heavy atom. The highest BCUT2D eigenvalue weighted by atomic mass is 32.2. The highest BCUT2D eigenvalue weighted by Crippen LogP contribution is 2.26. The second kappa shape index (κ2) is 7.27. The Balaban J connectivity index is 1.47. The number of hydrogen-bond acceptors (Lipinski definition) is 3. The number of hydrogen-bond donors (Lipinski definition) is 1. The van der Waals surface area contributed by atoms with Crippen molar-refractivity contribution in [2.75, 3.05) is 49.1 Å². The summed E-state index contributed by atoms with van der Waals surface area (Å²) in [5.41, 5.74) is 2.67. The van der Waals surface area contributed by atoms with Crippen molar-refractivity contribution in [2.45, 2.75) is 13.3 Å². The van der Waals surface area contributed by atoms with Gasteiger partial charge in [0.25, 0.3) is 0 Å². The lowest BCUT2D eigenvalue weighted by Gasteiger charge is -2.27. The van der Waals surface area contributed by atoms with Crippen LogP contribution in [-0.2, 0) is 0 Å². The second-order valence-electron chi connectivity index (χ2n) is 6.17. The number of amides is 2. The molecule has 2 heterocycles. The molecule has 4 nitrogen and oxygen atoms in total. The van der Waals surface area contributed by atoms with E-state index in [0.29, 0.717) is 5.92 Å². The Labute approximate surface area is 137 Å². The Hall–Kier alpha value is -1.36. The number of nitrogens with zero attached hydrogens (tertiary/aromatic N) is 2. The van der Waals surface area contributed by atoms with E-state index < -0.39 is 0 Å². The molecule has 0 aliphatic carbocycles. The molecule has 120 valence electrons. The lowest BCUT2D eigenvalue weighted by atomic mass is 10.1. The van der Waals surface area contributed by atoms with E-state index in [-0.39, 0.29) is 6.03 Å². The largest absolute Gasteiger partial charge is 0.371 e. The van der Waals surface area contributed by atoms with Crippen molar-refractivity contribution in [2.24, 2.45) is 5.92 Å². The average Bonchev–Trinajstić information content (AvgIpc) is 3.02. The molecular formula is C17H25N3OS. The number of carbonyl (C=O) groups is 1. The summed E-state index contributed by atoms with van der Waals surface area (Å²) >= 11 is 1.93. The molecule has 22 heavy (non-hydrogen) atoms. The fraction of sp³-hybridized carbons (Fsp3) is 0.588. The zero-order valence-corrected chi connectivity index (χ0v) is 14.1. The monoisotopic (exact) mass is 319 g/mol. The van der Waals surface area contributed by atoms with E-state index >= 15 is 0 Å². The maximum absolute atomic E-state index is 12.2. The van der Waals surface area contributed by atoms with Crippen molar-refractivity contribution < 1.29 is 4.79 Å². The first kappa shape index (κ1) is 15.5. The van der Waals surface area contributed by atoms with Crippen LogP contribution in [0.25, 0.3) is 0 Å². The van der Waals surface area contributed by atoms with Gasteiger partial charge in [-0.3, -0.25) is 0 Å². The number of para-hydroxylation sites is 1. The average molecular weight is 319 g/mol. The molecule has 0 saturated carbocycles. The first-order chi connectivity index (χ1) is 10.7. The van der Waals surface area contributed by atoms with Gasteiger partial charge in [-0.15, -0.1) is 0 Å². The van der Waals surface area contributed by atoms with Gasteiger partial charge in [-0.05, 0) is 30.9 Å². The highest BCUT2D eigenvalue weighted by Gasteiger charge is 2.25. The van der Waals surface area contributed by atoms with Crippen LogP contribution in [0.4, 0.5) is 10.5 Å². The molecule has 2 saturated heterocycles. The van der Waals surface area contributed by atoms with Crippen molar-refractivity contribution in [1.29, 1.82) is 0 Å². The van der Waals surface area contributed by atoms with Crippen molar-refractivity contribution in [3.63, 3.8) is 0 Å². The molecule has 5 heteroatoms. The number of carbonyl (C=O) groups excluding carboxylic acids is 1. The first-order valence-electron chi connectivity index (χ1n) is 8.15. The molecule has 0 spiro atoms. The van der Waals surface area contributed by atoms with E-state index in [0.717, 1.165) is 50.7 Å². The highest BCUT2D eigenvalue weighted by molar-refractivity contribution is 7.99. The van der Waals surface area contributed by atoms with Crippen molar-refractivity contribution in [3.05, 3.63) is 29.8 Å². The Morgan fingerprint density at radius 1 is 1.27 bits per heavy atom. The minimum atomic E-state index is 0.120. The zero-order chi connectivity index (χ0) is 15.4. The molecule has 1 atom stereocenters. The molecule has 0 bridgehead atoms. The normalized spacial score (nSPS) is 22.0. The summed E-state index contributed by atoms with van der Waals surface area (Å²) in [6, 6.07) is 8.67. The second-order valence-corrected chi connectivity index (χ2v) is 7.40. The van der Waals surface area contributed by atoms with E-state index in [1.165, 1.54) is 11.3 Å². The molecule has 1 N–H and O–H groups in total. The Bertz CT molecular complexity index is 516. The van der Waals surface area contributed by atoms with Gasteiger partial charge in [-0.1, -0.05) is 18.2 Å². The van der Waals surface area contributed by atoms with Crippen LogP contribution in [0.2, 0.25) is 0 Å². The topological polar surface area (TPSA) is 35.6 Å². The fourth-order valence-corrected chi connectivity index (χ4v) is 4.15. The molecule has 2 fully saturated rings. The summed E-state index contributed by atoms with van der Waals surface area (Å²) in [4.78, 5) is 16.5. The maximum atomic E-state index is 12.2. The molecular weight excluding hydrogens is 294 g/mol. The molecule has 1 aromatic carbocycles. The lowest BCUT2D eigenvalue weighted by Crippen LogP contribution is -2.45. The summed E-state index contributed by atoms with van der Waals surface area (Å²) < 4.78 is 0. The van der Waals surface area contributed by atoms with Gasteiger partial charge in [-0.2, -0.15) is 11.8 Å². The third-order valence-corrected chi connectivity index (χ3v) is 5.52. The standard InChI is InChI=1S/C17H25N3OS/c1-14-4-2-3-5-16(14)20-7-6-15(13-20)12-18-17(21)19-8-10-22-11-9-19/h2-5,15H,6-13H2,1H3,(H,18,21)/t15-/m1/s1. The number of aryl methyl sites for hydroxylation is 1. The smallest absolute Gasteiger partial charge is 0.317 e.